The Labute approximate surface area is 123 Å². The van der Waals surface area contributed by atoms with Crippen molar-refractivity contribution >= 4 is 5.78 Å². The lowest BCUT2D eigenvalue weighted by Crippen LogP contribution is -2.33. The van der Waals surface area contributed by atoms with Crippen LogP contribution >= 0.6 is 0 Å². The largest absolute Gasteiger partial charge is 0.376 e. The van der Waals surface area contributed by atoms with Gasteiger partial charge in [-0.2, -0.15) is 0 Å². The molecule has 0 amide bonds. The molecule has 0 heterocycles. The Kier molecular flexibility index (Phi) is 4.07. The van der Waals surface area contributed by atoms with E-state index in [0.29, 0.717) is 26.1 Å². The minimum absolute atomic E-state index is 0.0867. The van der Waals surface area contributed by atoms with Gasteiger partial charge in [-0.25, -0.2) is 8.78 Å². The number of hydrogen-bond acceptors (Lipinski definition) is 2. The maximum atomic E-state index is 13.4. The van der Waals surface area contributed by atoms with Crippen LogP contribution in [0.25, 0.3) is 0 Å². The van der Waals surface area contributed by atoms with E-state index >= 15 is 0 Å². The highest BCUT2D eigenvalue weighted by atomic mass is 19.3. The average molecular weight is 294 g/mol. The van der Waals surface area contributed by atoms with Crippen molar-refractivity contribution in [2.24, 2.45) is 17.8 Å². The number of Topliss-reactive ketones (excluding diaryl/α,β-unsaturated/α-hetero) is 1. The molecule has 0 saturated heterocycles. The zero-order valence-electron chi connectivity index (χ0n) is 11.9. The molecule has 1 aromatic carbocycles. The number of benzene rings is 1. The first-order valence-corrected chi connectivity index (χ1v) is 7.57. The summed E-state index contributed by atoms with van der Waals surface area (Å²) in [6, 6.07) is 9.77. The van der Waals surface area contributed by atoms with Crippen LogP contribution in [0.3, 0.4) is 0 Å². The van der Waals surface area contributed by atoms with Crippen LogP contribution in [0.15, 0.2) is 30.3 Å². The van der Waals surface area contributed by atoms with Crippen molar-refractivity contribution in [2.45, 2.75) is 38.2 Å². The minimum atomic E-state index is -2.58. The zero-order valence-corrected chi connectivity index (χ0v) is 11.9. The Hall–Kier alpha value is -1.29. The minimum Gasteiger partial charge on any atom is -0.376 e. The molecule has 0 N–H and O–H groups in total. The van der Waals surface area contributed by atoms with E-state index in [0.717, 1.165) is 5.56 Å². The number of carbonyl (C=O) groups excluding carboxylic acids is 1. The van der Waals surface area contributed by atoms with Crippen molar-refractivity contribution in [1.82, 2.24) is 0 Å². The molecule has 2 unspecified atom stereocenters. The Balaban J connectivity index is 1.55. The number of hydrogen-bond donors (Lipinski definition) is 0. The van der Waals surface area contributed by atoms with Crippen molar-refractivity contribution in [1.29, 1.82) is 0 Å². The van der Waals surface area contributed by atoms with Crippen LogP contribution in [0.2, 0.25) is 0 Å². The highest BCUT2D eigenvalue weighted by Gasteiger charge is 2.50. The van der Waals surface area contributed by atoms with E-state index in [9.17, 15) is 13.6 Å². The van der Waals surface area contributed by atoms with Gasteiger partial charge in [-0.15, -0.1) is 0 Å². The number of fused-ring (bicyclic) bond motifs is 1. The Morgan fingerprint density at radius 1 is 1.24 bits per heavy atom. The van der Waals surface area contributed by atoms with Crippen LogP contribution in [-0.4, -0.2) is 18.3 Å². The van der Waals surface area contributed by atoms with Crippen LogP contribution in [0.1, 0.15) is 31.2 Å². The molecular weight excluding hydrogens is 274 g/mol. The fourth-order valence-electron chi connectivity index (χ4n) is 3.75. The van der Waals surface area contributed by atoms with Crippen molar-refractivity contribution in [3.05, 3.63) is 35.9 Å². The van der Waals surface area contributed by atoms with Gasteiger partial charge in [-0.05, 0) is 23.8 Å². The normalized spacial score (nSPS) is 31.1. The van der Waals surface area contributed by atoms with Gasteiger partial charge in [0.15, 0.2) is 0 Å². The lowest BCUT2D eigenvalue weighted by Gasteiger charge is -2.33. The molecule has 2 aliphatic rings. The lowest BCUT2D eigenvalue weighted by atomic mass is 9.76. The highest BCUT2D eigenvalue weighted by molar-refractivity contribution is 5.84. The monoisotopic (exact) mass is 294 g/mol. The maximum absolute atomic E-state index is 13.4. The molecule has 3 rings (SSSR count). The Morgan fingerprint density at radius 3 is 2.76 bits per heavy atom. The van der Waals surface area contributed by atoms with E-state index in [-0.39, 0.29) is 36.4 Å². The van der Waals surface area contributed by atoms with Gasteiger partial charge < -0.3 is 4.74 Å². The van der Waals surface area contributed by atoms with E-state index in [1.165, 1.54) is 0 Å². The average Bonchev–Trinajstić information content (AvgIpc) is 2.74. The van der Waals surface area contributed by atoms with Gasteiger partial charge in [-0.3, -0.25) is 4.79 Å². The summed E-state index contributed by atoms with van der Waals surface area (Å²) >= 11 is 0. The van der Waals surface area contributed by atoms with Crippen molar-refractivity contribution in [2.75, 3.05) is 6.61 Å². The molecule has 2 saturated carbocycles. The summed E-state index contributed by atoms with van der Waals surface area (Å²) < 4.78 is 32.5. The van der Waals surface area contributed by atoms with Crippen LogP contribution in [0.4, 0.5) is 8.78 Å². The first kappa shape index (κ1) is 14.6. The van der Waals surface area contributed by atoms with Gasteiger partial charge in [0.2, 0.25) is 5.92 Å². The van der Waals surface area contributed by atoms with Crippen LogP contribution in [0.5, 0.6) is 0 Å². The lowest BCUT2D eigenvalue weighted by molar-refractivity contribution is -0.123. The highest BCUT2D eigenvalue weighted by Crippen LogP contribution is 2.49. The molecule has 0 spiro atoms. The van der Waals surface area contributed by atoms with Crippen molar-refractivity contribution < 1.29 is 18.3 Å². The van der Waals surface area contributed by atoms with E-state index in [1.54, 1.807) is 0 Å². The molecule has 1 aromatic rings. The summed E-state index contributed by atoms with van der Waals surface area (Å²) in [5.74, 6) is -2.72. The predicted molar refractivity (Wildman–Crippen MR) is 75.0 cm³/mol. The quantitative estimate of drug-likeness (QED) is 0.843. The summed E-state index contributed by atoms with van der Waals surface area (Å²) in [5.41, 5.74) is 1.06. The predicted octanol–water partition coefficient (Wildman–Crippen LogP) is 3.84. The SMILES string of the molecule is O=C1CC2CC(F)(F)CC[C@H]2C1COCc1ccccc1. The summed E-state index contributed by atoms with van der Waals surface area (Å²) in [4.78, 5) is 12.1. The number of ether oxygens (including phenoxy) is 1. The van der Waals surface area contributed by atoms with Gasteiger partial charge in [0.05, 0.1) is 13.2 Å². The molecule has 0 radical (unpaired) electrons. The molecule has 4 heteroatoms. The molecule has 0 aromatic heterocycles. The fraction of sp³-hybridized carbons (Fsp3) is 0.588. The van der Waals surface area contributed by atoms with Gasteiger partial charge in [0, 0.05) is 25.2 Å². The Morgan fingerprint density at radius 2 is 2.00 bits per heavy atom. The topological polar surface area (TPSA) is 26.3 Å². The number of rotatable bonds is 4. The van der Waals surface area contributed by atoms with Gasteiger partial charge in [-0.1, -0.05) is 30.3 Å². The molecule has 2 fully saturated rings. The molecule has 3 atom stereocenters. The molecule has 114 valence electrons. The Bertz CT molecular complexity index is 501. The van der Waals surface area contributed by atoms with E-state index in [2.05, 4.69) is 0 Å². The van der Waals surface area contributed by atoms with E-state index in [1.807, 2.05) is 30.3 Å². The number of alkyl halides is 2. The van der Waals surface area contributed by atoms with Crippen LogP contribution < -0.4 is 0 Å². The zero-order chi connectivity index (χ0) is 14.9. The smallest absolute Gasteiger partial charge is 0.248 e. The molecular formula is C17H20F2O2. The molecule has 21 heavy (non-hydrogen) atoms. The first-order valence-electron chi connectivity index (χ1n) is 7.57. The third kappa shape index (κ3) is 3.31. The summed E-state index contributed by atoms with van der Waals surface area (Å²) in [5, 5.41) is 0. The van der Waals surface area contributed by atoms with Crippen LogP contribution in [-0.2, 0) is 16.1 Å². The van der Waals surface area contributed by atoms with E-state index in [4.69, 9.17) is 4.74 Å². The number of halogens is 2. The molecule has 0 aliphatic heterocycles. The number of ketones is 1. The van der Waals surface area contributed by atoms with Crippen LogP contribution in [0, 0.1) is 17.8 Å². The second-order valence-corrected chi connectivity index (χ2v) is 6.30. The second-order valence-electron chi connectivity index (χ2n) is 6.30. The molecule has 2 aliphatic carbocycles. The molecule has 0 bridgehead atoms. The fourth-order valence-corrected chi connectivity index (χ4v) is 3.75. The summed E-state index contributed by atoms with van der Waals surface area (Å²) in [6.45, 7) is 0.832. The van der Waals surface area contributed by atoms with Crippen molar-refractivity contribution in [3.63, 3.8) is 0 Å². The molecule has 2 nitrogen and oxygen atoms in total. The summed E-state index contributed by atoms with van der Waals surface area (Å²) in [6.07, 6.45) is 0.539. The number of carbonyl (C=O) groups is 1. The van der Waals surface area contributed by atoms with Gasteiger partial charge in [0.25, 0.3) is 0 Å². The van der Waals surface area contributed by atoms with Gasteiger partial charge >= 0.3 is 0 Å². The first-order chi connectivity index (χ1) is 10.1. The maximum Gasteiger partial charge on any atom is 0.248 e. The summed E-state index contributed by atoms with van der Waals surface area (Å²) in [7, 11) is 0. The second kappa shape index (κ2) is 5.84. The third-order valence-corrected chi connectivity index (χ3v) is 4.81. The van der Waals surface area contributed by atoms with Crippen molar-refractivity contribution in [3.8, 4) is 0 Å². The standard InChI is InChI=1S/C17H20F2O2/c18-17(19)7-6-14-13(9-17)8-16(20)15(14)11-21-10-12-4-2-1-3-5-12/h1-5,13-15H,6-11H2/t13?,14-,15?/m1/s1. The van der Waals surface area contributed by atoms with Gasteiger partial charge in [0.1, 0.15) is 5.78 Å². The third-order valence-electron chi connectivity index (χ3n) is 4.81. The van der Waals surface area contributed by atoms with E-state index < -0.39 is 5.92 Å².